The zero-order valence-corrected chi connectivity index (χ0v) is 11.8. The Labute approximate surface area is 117 Å². The van der Waals surface area contributed by atoms with Crippen LogP contribution in [0.3, 0.4) is 0 Å². The predicted octanol–water partition coefficient (Wildman–Crippen LogP) is 2.35. The maximum absolute atomic E-state index is 5.98. The molecule has 0 aliphatic heterocycles. The first-order chi connectivity index (χ1) is 9.31. The van der Waals surface area contributed by atoms with Gasteiger partial charge in [-0.1, -0.05) is 12.8 Å². The maximum atomic E-state index is 5.98. The van der Waals surface area contributed by atoms with E-state index < -0.39 is 0 Å². The summed E-state index contributed by atoms with van der Waals surface area (Å²) < 4.78 is 1.79. The standard InChI is InChI=1S/C13H18ClN5/c1-18-12-11(8-17-18)13(16-9-15-12)19(7-6-14)10-4-2-3-5-10/h8-10H,2-7H2,1H3. The third kappa shape index (κ3) is 2.27. The first-order valence-corrected chi connectivity index (χ1v) is 7.30. The topological polar surface area (TPSA) is 46.8 Å². The molecule has 0 unspecified atom stereocenters. The number of anilines is 1. The van der Waals surface area contributed by atoms with E-state index in [-0.39, 0.29) is 0 Å². The number of alkyl halides is 1. The molecule has 19 heavy (non-hydrogen) atoms. The molecular weight excluding hydrogens is 262 g/mol. The van der Waals surface area contributed by atoms with Crippen LogP contribution in [0.5, 0.6) is 0 Å². The average molecular weight is 280 g/mol. The molecular formula is C13H18ClN5. The van der Waals surface area contributed by atoms with Gasteiger partial charge in [0.1, 0.15) is 12.1 Å². The molecule has 1 aliphatic rings. The molecule has 6 heteroatoms. The molecule has 1 aliphatic carbocycles. The van der Waals surface area contributed by atoms with E-state index in [2.05, 4.69) is 20.0 Å². The van der Waals surface area contributed by atoms with Gasteiger partial charge in [-0.25, -0.2) is 9.97 Å². The number of nitrogens with zero attached hydrogens (tertiary/aromatic N) is 5. The van der Waals surface area contributed by atoms with Crippen LogP contribution < -0.4 is 4.90 Å². The third-order valence-corrected chi connectivity index (χ3v) is 4.04. The summed E-state index contributed by atoms with van der Waals surface area (Å²) in [7, 11) is 1.90. The van der Waals surface area contributed by atoms with E-state index in [4.69, 9.17) is 11.6 Å². The van der Waals surface area contributed by atoms with Crippen LogP contribution in [0, 0.1) is 0 Å². The summed E-state index contributed by atoms with van der Waals surface area (Å²) in [6, 6.07) is 0.553. The lowest BCUT2D eigenvalue weighted by atomic mass is 10.2. The quantitative estimate of drug-likeness (QED) is 0.806. The minimum Gasteiger partial charge on any atom is -0.352 e. The van der Waals surface area contributed by atoms with Gasteiger partial charge in [0.25, 0.3) is 0 Å². The lowest BCUT2D eigenvalue weighted by Crippen LogP contribution is -2.35. The SMILES string of the molecule is Cn1ncc2c(N(CCCl)C3CCCC3)ncnc21. The van der Waals surface area contributed by atoms with Gasteiger partial charge in [0.05, 0.1) is 11.6 Å². The molecule has 2 aromatic heterocycles. The van der Waals surface area contributed by atoms with E-state index in [1.54, 1.807) is 11.0 Å². The second kappa shape index (κ2) is 5.33. The molecule has 0 N–H and O–H groups in total. The minimum atomic E-state index is 0.553. The smallest absolute Gasteiger partial charge is 0.163 e. The van der Waals surface area contributed by atoms with Crippen LogP contribution in [0.4, 0.5) is 5.82 Å². The Hall–Kier alpha value is -1.36. The van der Waals surface area contributed by atoms with Crippen LogP contribution in [0.25, 0.3) is 11.0 Å². The van der Waals surface area contributed by atoms with Gasteiger partial charge in [-0.05, 0) is 12.8 Å². The van der Waals surface area contributed by atoms with E-state index >= 15 is 0 Å². The van der Waals surface area contributed by atoms with Crippen molar-refractivity contribution in [3.63, 3.8) is 0 Å². The Balaban J connectivity index is 2.03. The van der Waals surface area contributed by atoms with Crippen molar-refractivity contribution in [2.45, 2.75) is 31.7 Å². The normalized spacial score (nSPS) is 16.3. The van der Waals surface area contributed by atoms with Gasteiger partial charge in [0.15, 0.2) is 5.65 Å². The molecule has 2 heterocycles. The van der Waals surface area contributed by atoms with Gasteiger partial charge < -0.3 is 4.90 Å². The van der Waals surface area contributed by atoms with Crippen LogP contribution in [0.1, 0.15) is 25.7 Å². The lowest BCUT2D eigenvalue weighted by molar-refractivity contribution is 0.616. The van der Waals surface area contributed by atoms with E-state index in [0.29, 0.717) is 11.9 Å². The minimum absolute atomic E-state index is 0.553. The van der Waals surface area contributed by atoms with E-state index in [0.717, 1.165) is 23.4 Å². The maximum Gasteiger partial charge on any atom is 0.163 e. The first-order valence-electron chi connectivity index (χ1n) is 6.76. The zero-order chi connectivity index (χ0) is 13.2. The number of aryl methyl sites for hydroxylation is 1. The van der Waals surface area contributed by atoms with Crippen molar-refractivity contribution in [3.8, 4) is 0 Å². The van der Waals surface area contributed by atoms with Gasteiger partial charge >= 0.3 is 0 Å². The van der Waals surface area contributed by atoms with Crippen molar-refractivity contribution < 1.29 is 0 Å². The number of rotatable bonds is 4. The van der Waals surface area contributed by atoms with Crippen molar-refractivity contribution >= 4 is 28.5 Å². The Kier molecular flexibility index (Phi) is 3.55. The fourth-order valence-electron chi connectivity index (χ4n) is 2.95. The molecule has 0 amide bonds. The Morgan fingerprint density at radius 3 is 2.89 bits per heavy atom. The van der Waals surface area contributed by atoms with E-state index in [9.17, 15) is 0 Å². The number of aromatic nitrogens is 4. The molecule has 102 valence electrons. The molecule has 0 spiro atoms. The summed E-state index contributed by atoms with van der Waals surface area (Å²) in [6.07, 6.45) is 8.51. The van der Waals surface area contributed by atoms with E-state index in [1.165, 1.54) is 25.7 Å². The summed E-state index contributed by atoms with van der Waals surface area (Å²) >= 11 is 5.98. The number of fused-ring (bicyclic) bond motifs is 1. The summed E-state index contributed by atoms with van der Waals surface area (Å²) in [6.45, 7) is 0.827. The van der Waals surface area contributed by atoms with Gasteiger partial charge in [0.2, 0.25) is 0 Å². The van der Waals surface area contributed by atoms with Gasteiger partial charge in [-0.3, -0.25) is 4.68 Å². The Morgan fingerprint density at radius 1 is 1.37 bits per heavy atom. The predicted molar refractivity (Wildman–Crippen MR) is 76.6 cm³/mol. The number of hydrogen-bond donors (Lipinski definition) is 0. The molecule has 0 aromatic carbocycles. The van der Waals surface area contributed by atoms with Crippen LogP contribution in [-0.4, -0.2) is 38.2 Å². The first kappa shape index (κ1) is 12.7. The summed E-state index contributed by atoms with van der Waals surface area (Å²) in [5.74, 6) is 1.59. The highest BCUT2D eigenvalue weighted by atomic mass is 35.5. The van der Waals surface area contributed by atoms with Crippen LogP contribution >= 0.6 is 11.6 Å². The summed E-state index contributed by atoms with van der Waals surface area (Å²) in [4.78, 5) is 11.1. The third-order valence-electron chi connectivity index (χ3n) is 3.87. The Bertz CT molecular complexity index is 561. The molecule has 1 fully saturated rings. The second-order valence-corrected chi connectivity index (χ2v) is 5.40. The molecule has 5 nitrogen and oxygen atoms in total. The highest BCUT2D eigenvalue weighted by Gasteiger charge is 2.25. The van der Waals surface area contributed by atoms with E-state index in [1.807, 2.05) is 13.2 Å². The monoisotopic (exact) mass is 279 g/mol. The van der Waals surface area contributed by atoms with Crippen molar-refractivity contribution in [2.75, 3.05) is 17.3 Å². The van der Waals surface area contributed by atoms with Crippen LogP contribution in [0.2, 0.25) is 0 Å². The fourth-order valence-corrected chi connectivity index (χ4v) is 3.13. The van der Waals surface area contributed by atoms with Crippen molar-refractivity contribution in [1.29, 1.82) is 0 Å². The van der Waals surface area contributed by atoms with Crippen molar-refractivity contribution in [1.82, 2.24) is 19.7 Å². The highest BCUT2D eigenvalue weighted by molar-refractivity contribution is 6.18. The summed E-state index contributed by atoms with van der Waals surface area (Å²) in [5.41, 5.74) is 0.877. The molecule has 0 bridgehead atoms. The zero-order valence-electron chi connectivity index (χ0n) is 11.1. The average Bonchev–Trinajstić information content (AvgIpc) is 3.06. The molecule has 1 saturated carbocycles. The van der Waals surface area contributed by atoms with Gasteiger partial charge in [-0.2, -0.15) is 5.10 Å². The van der Waals surface area contributed by atoms with Gasteiger partial charge in [-0.15, -0.1) is 11.6 Å². The van der Waals surface area contributed by atoms with Crippen molar-refractivity contribution in [2.24, 2.45) is 7.05 Å². The summed E-state index contributed by atoms with van der Waals surface area (Å²) in [5, 5.41) is 5.30. The molecule has 0 atom stereocenters. The highest BCUT2D eigenvalue weighted by Crippen LogP contribution is 2.30. The Morgan fingerprint density at radius 2 is 2.16 bits per heavy atom. The lowest BCUT2D eigenvalue weighted by Gasteiger charge is -2.29. The molecule has 0 saturated heterocycles. The second-order valence-electron chi connectivity index (χ2n) is 5.02. The largest absolute Gasteiger partial charge is 0.352 e. The molecule has 3 rings (SSSR count). The number of halogens is 1. The van der Waals surface area contributed by atoms with Gasteiger partial charge in [0, 0.05) is 25.5 Å². The van der Waals surface area contributed by atoms with Crippen LogP contribution in [-0.2, 0) is 7.05 Å². The number of hydrogen-bond acceptors (Lipinski definition) is 4. The van der Waals surface area contributed by atoms with Crippen molar-refractivity contribution in [3.05, 3.63) is 12.5 Å². The molecule has 2 aromatic rings. The molecule has 0 radical (unpaired) electrons. The fraction of sp³-hybridized carbons (Fsp3) is 0.615. The van der Waals surface area contributed by atoms with Crippen LogP contribution in [0.15, 0.2) is 12.5 Å².